The van der Waals surface area contributed by atoms with Gasteiger partial charge in [-0.1, -0.05) is 0 Å². The van der Waals surface area contributed by atoms with Crippen molar-refractivity contribution < 1.29 is 4.74 Å². The van der Waals surface area contributed by atoms with E-state index in [2.05, 4.69) is 16.5 Å². The minimum absolute atomic E-state index is 0.223. The molecule has 1 aliphatic heterocycles. The molecule has 0 aromatic carbocycles. The summed E-state index contributed by atoms with van der Waals surface area (Å²) in [5.41, 5.74) is 3.09. The molecule has 80 valence electrons. The summed E-state index contributed by atoms with van der Waals surface area (Å²) in [5, 5.41) is 11.0. The Bertz CT molecular complexity index is 204. The van der Waals surface area contributed by atoms with E-state index in [0.717, 1.165) is 39.3 Å². The summed E-state index contributed by atoms with van der Waals surface area (Å²) in [4.78, 5) is 0. The molecule has 1 aliphatic rings. The van der Waals surface area contributed by atoms with Gasteiger partial charge in [-0.25, -0.2) is 5.01 Å². The lowest BCUT2D eigenvalue weighted by Crippen LogP contribution is -2.46. The number of nitrogens with zero attached hydrogens (tertiary/aromatic N) is 2. The zero-order chi connectivity index (χ0) is 10.4. The maximum absolute atomic E-state index is 8.82. The number of nitriles is 1. The van der Waals surface area contributed by atoms with Gasteiger partial charge in [0.15, 0.2) is 0 Å². The lowest BCUT2D eigenvalue weighted by molar-refractivity contribution is 0.0109. The molecule has 0 radical (unpaired) electrons. The molecule has 0 amide bonds. The molecule has 14 heavy (non-hydrogen) atoms. The summed E-state index contributed by atoms with van der Waals surface area (Å²) in [6.07, 6.45) is 0.876. The molecule has 0 saturated carbocycles. The number of hydrazine groups is 1. The number of hydrogen-bond donors (Lipinski definition) is 1. The van der Waals surface area contributed by atoms with Crippen LogP contribution in [0, 0.1) is 16.7 Å². The monoisotopic (exact) mass is 197 g/mol. The van der Waals surface area contributed by atoms with Crippen molar-refractivity contribution in [3.05, 3.63) is 0 Å². The molecule has 4 heteroatoms. The molecular weight excluding hydrogens is 178 g/mol. The van der Waals surface area contributed by atoms with E-state index in [0.29, 0.717) is 0 Å². The Morgan fingerprint density at radius 1 is 1.43 bits per heavy atom. The molecular formula is C10H19N3O. The SMILES string of the molecule is CC(C)(C#N)CCNN1CCOCC1. The lowest BCUT2D eigenvalue weighted by atomic mass is 9.92. The molecule has 0 aromatic rings. The average molecular weight is 197 g/mol. The first-order chi connectivity index (χ1) is 6.64. The third-order valence-electron chi connectivity index (χ3n) is 2.40. The standard InChI is InChI=1S/C10H19N3O/c1-10(2,9-11)3-4-12-13-5-7-14-8-6-13/h12H,3-8H2,1-2H3. The van der Waals surface area contributed by atoms with E-state index >= 15 is 0 Å². The summed E-state index contributed by atoms with van der Waals surface area (Å²) >= 11 is 0. The number of rotatable bonds is 4. The molecule has 1 rings (SSSR count). The van der Waals surface area contributed by atoms with Crippen molar-refractivity contribution in [2.45, 2.75) is 20.3 Å². The van der Waals surface area contributed by atoms with Crippen LogP contribution in [0.1, 0.15) is 20.3 Å². The number of morpholine rings is 1. The molecule has 0 spiro atoms. The van der Waals surface area contributed by atoms with Crippen LogP contribution in [-0.2, 0) is 4.74 Å². The van der Waals surface area contributed by atoms with E-state index in [4.69, 9.17) is 10.00 Å². The Hall–Kier alpha value is -0.630. The quantitative estimate of drug-likeness (QED) is 0.723. The Morgan fingerprint density at radius 3 is 2.64 bits per heavy atom. The van der Waals surface area contributed by atoms with Gasteiger partial charge in [-0.3, -0.25) is 5.43 Å². The zero-order valence-electron chi connectivity index (χ0n) is 9.05. The van der Waals surface area contributed by atoms with E-state index in [-0.39, 0.29) is 5.41 Å². The van der Waals surface area contributed by atoms with Crippen LogP contribution in [0.15, 0.2) is 0 Å². The van der Waals surface area contributed by atoms with Crippen LogP contribution in [0.3, 0.4) is 0 Å². The van der Waals surface area contributed by atoms with Crippen molar-refractivity contribution in [3.63, 3.8) is 0 Å². The average Bonchev–Trinajstić information content (AvgIpc) is 2.19. The molecule has 0 unspecified atom stereocenters. The minimum atomic E-state index is -0.223. The van der Waals surface area contributed by atoms with Gasteiger partial charge in [0.1, 0.15) is 0 Å². The maximum Gasteiger partial charge on any atom is 0.0684 e. The van der Waals surface area contributed by atoms with Crippen molar-refractivity contribution in [1.29, 1.82) is 5.26 Å². The highest BCUT2D eigenvalue weighted by Gasteiger charge is 2.17. The highest BCUT2D eigenvalue weighted by atomic mass is 16.5. The summed E-state index contributed by atoms with van der Waals surface area (Å²) in [6, 6.07) is 2.30. The van der Waals surface area contributed by atoms with Crippen molar-refractivity contribution >= 4 is 0 Å². The van der Waals surface area contributed by atoms with Crippen molar-refractivity contribution in [2.75, 3.05) is 32.8 Å². The topological polar surface area (TPSA) is 48.3 Å². The van der Waals surface area contributed by atoms with Crippen LogP contribution in [0.2, 0.25) is 0 Å². The van der Waals surface area contributed by atoms with E-state index in [9.17, 15) is 0 Å². The predicted molar refractivity (Wildman–Crippen MR) is 54.4 cm³/mol. The Kier molecular flexibility index (Phi) is 4.33. The van der Waals surface area contributed by atoms with Gasteiger partial charge in [0.2, 0.25) is 0 Å². The first kappa shape index (κ1) is 11.4. The van der Waals surface area contributed by atoms with Gasteiger partial charge >= 0.3 is 0 Å². The number of hydrogen-bond acceptors (Lipinski definition) is 4. The van der Waals surface area contributed by atoms with Crippen molar-refractivity contribution in [2.24, 2.45) is 5.41 Å². The molecule has 1 N–H and O–H groups in total. The van der Waals surface area contributed by atoms with E-state index in [1.807, 2.05) is 13.8 Å². The molecule has 0 bridgehead atoms. The number of ether oxygens (including phenoxy) is 1. The Morgan fingerprint density at radius 2 is 2.07 bits per heavy atom. The van der Waals surface area contributed by atoms with Gasteiger partial charge in [0, 0.05) is 19.6 Å². The van der Waals surface area contributed by atoms with Crippen molar-refractivity contribution in [3.8, 4) is 6.07 Å². The molecule has 1 saturated heterocycles. The third-order valence-corrected chi connectivity index (χ3v) is 2.40. The summed E-state index contributed by atoms with van der Waals surface area (Å²) in [7, 11) is 0. The summed E-state index contributed by atoms with van der Waals surface area (Å²) < 4.78 is 5.23. The van der Waals surface area contributed by atoms with Crippen molar-refractivity contribution in [1.82, 2.24) is 10.4 Å². The second-order valence-corrected chi connectivity index (χ2v) is 4.25. The Labute approximate surface area is 85.8 Å². The molecule has 1 fully saturated rings. The highest BCUT2D eigenvalue weighted by Crippen LogP contribution is 2.17. The van der Waals surface area contributed by atoms with Crippen LogP contribution in [0.25, 0.3) is 0 Å². The van der Waals surface area contributed by atoms with E-state index in [1.54, 1.807) is 0 Å². The van der Waals surface area contributed by atoms with Crippen LogP contribution in [0.5, 0.6) is 0 Å². The van der Waals surface area contributed by atoms with Gasteiger partial charge in [-0.15, -0.1) is 0 Å². The first-order valence-corrected chi connectivity index (χ1v) is 5.11. The van der Waals surface area contributed by atoms with E-state index in [1.165, 1.54) is 0 Å². The van der Waals surface area contributed by atoms with E-state index < -0.39 is 0 Å². The van der Waals surface area contributed by atoms with Gasteiger partial charge in [0.05, 0.1) is 24.7 Å². The van der Waals surface area contributed by atoms with Crippen LogP contribution < -0.4 is 5.43 Å². The molecule has 1 heterocycles. The summed E-state index contributed by atoms with van der Waals surface area (Å²) in [5.74, 6) is 0. The number of nitrogens with one attached hydrogen (secondary N) is 1. The molecule has 0 aromatic heterocycles. The van der Waals surface area contributed by atoms with Gasteiger partial charge in [0.25, 0.3) is 0 Å². The smallest absolute Gasteiger partial charge is 0.0684 e. The minimum Gasteiger partial charge on any atom is -0.379 e. The second-order valence-electron chi connectivity index (χ2n) is 4.25. The summed E-state index contributed by atoms with van der Waals surface area (Å²) in [6.45, 7) is 8.27. The van der Waals surface area contributed by atoms with Gasteiger partial charge in [-0.2, -0.15) is 5.26 Å². The highest BCUT2D eigenvalue weighted by molar-refractivity contribution is 4.91. The predicted octanol–water partition coefficient (Wildman–Crippen LogP) is 0.763. The Balaban J connectivity index is 2.12. The second kappa shape index (κ2) is 5.30. The molecule has 4 nitrogen and oxygen atoms in total. The van der Waals surface area contributed by atoms with Crippen LogP contribution in [0.4, 0.5) is 0 Å². The molecule has 0 aliphatic carbocycles. The third kappa shape index (κ3) is 4.05. The van der Waals surface area contributed by atoms with Crippen LogP contribution >= 0.6 is 0 Å². The van der Waals surface area contributed by atoms with Gasteiger partial charge in [-0.05, 0) is 20.3 Å². The fourth-order valence-corrected chi connectivity index (χ4v) is 1.30. The fraction of sp³-hybridized carbons (Fsp3) is 0.900. The van der Waals surface area contributed by atoms with Gasteiger partial charge < -0.3 is 4.74 Å². The largest absolute Gasteiger partial charge is 0.379 e. The lowest BCUT2D eigenvalue weighted by Gasteiger charge is -2.28. The van der Waals surface area contributed by atoms with Crippen LogP contribution in [-0.4, -0.2) is 37.9 Å². The fourth-order valence-electron chi connectivity index (χ4n) is 1.30. The first-order valence-electron chi connectivity index (χ1n) is 5.11. The maximum atomic E-state index is 8.82. The zero-order valence-corrected chi connectivity index (χ0v) is 9.05. The molecule has 0 atom stereocenters. The normalized spacial score (nSPS) is 19.2.